The highest BCUT2D eigenvalue weighted by molar-refractivity contribution is 5.36. The Labute approximate surface area is 125 Å². The van der Waals surface area contributed by atoms with Crippen molar-refractivity contribution in [2.24, 2.45) is 0 Å². The van der Waals surface area contributed by atoms with E-state index in [-0.39, 0.29) is 6.10 Å². The molecule has 7 nitrogen and oxygen atoms in total. The molecule has 2 atom stereocenters. The van der Waals surface area contributed by atoms with Gasteiger partial charge in [0.25, 0.3) is 0 Å². The van der Waals surface area contributed by atoms with Crippen LogP contribution in [0.3, 0.4) is 0 Å². The van der Waals surface area contributed by atoms with Crippen LogP contribution >= 0.6 is 0 Å². The number of ether oxygens (including phenoxy) is 2. The molecule has 1 fully saturated rings. The first-order valence-electron chi connectivity index (χ1n) is 7.72. The molecule has 0 amide bonds. The summed E-state index contributed by atoms with van der Waals surface area (Å²) in [6, 6.07) is 0.679. The maximum atomic E-state index is 5.55. The normalized spacial score (nSPS) is 21.9. The topological polar surface area (TPSA) is 81.2 Å². The predicted molar refractivity (Wildman–Crippen MR) is 81.8 cm³/mol. The average molecular weight is 295 g/mol. The van der Waals surface area contributed by atoms with Gasteiger partial charge in [-0.25, -0.2) is 0 Å². The lowest BCUT2D eigenvalue weighted by Gasteiger charge is -2.27. The van der Waals surface area contributed by atoms with E-state index >= 15 is 0 Å². The highest BCUT2D eigenvalue weighted by Crippen LogP contribution is 2.18. The number of hydrogen-bond donors (Lipinski definition) is 2. The summed E-state index contributed by atoms with van der Waals surface area (Å²) in [6.45, 7) is 8.22. The number of aromatic nitrogens is 3. The van der Waals surface area contributed by atoms with Crippen molar-refractivity contribution in [2.45, 2.75) is 52.2 Å². The van der Waals surface area contributed by atoms with E-state index in [0.29, 0.717) is 30.6 Å². The molecule has 7 heteroatoms. The zero-order chi connectivity index (χ0) is 15.1. The van der Waals surface area contributed by atoms with Gasteiger partial charge in [-0.3, -0.25) is 0 Å². The van der Waals surface area contributed by atoms with E-state index in [0.717, 1.165) is 32.4 Å². The summed E-state index contributed by atoms with van der Waals surface area (Å²) in [5, 5.41) is 6.54. The molecule has 0 radical (unpaired) electrons. The lowest BCUT2D eigenvalue weighted by atomic mass is 10.0. The fraction of sp³-hybridized carbons (Fsp3) is 0.786. The van der Waals surface area contributed by atoms with E-state index in [1.54, 1.807) is 0 Å². The number of anilines is 2. The Kier molecular flexibility index (Phi) is 5.98. The third-order valence-electron chi connectivity index (χ3n) is 3.24. The van der Waals surface area contributed by atoms with Gasteiger partial charge >= 0.3 is 6.01 Å². The Balaban J connectivity index is 2.06. The summed E-state index contributed by atoms with van der Waals surface area (Å²) in [5.41, 5.74) is 0. The zero-order valence-electron chi connectivity index (χ0n) is 13.1. The summed E-state index contributed by atoms with van der Waals surface area (Å²) in [4.78, 5) is 13.0. The number of nitrogens with zero attached hydrogens (tertiary/aromatic N) is 3. The number of hydrogen-bond acceptors (Lipinski definition) is 7. The van der Waals surface area contributed by atoms with Crippen LogP contribution in [0, 0.1) is 0 Å². The van der Waals surface area contributed by atoms with E-state index in [2.05, 4.69) is 39.4 Å². The van der Waals surface area contributed by atoms with Gasteiger partial charge in [0, 0.05) is 19.2 Å². The van der Waals surface area contributed by atoms with Crippen molar-refractivity contribution in [2.75, 3.05) is 30.4 Å². The molecule has 21 heavy (non-hydrogen) atoms. The molecule has 2 unspecified atom stereocenters. The van der Waals surface area contributed by atoms with Gasteiger partial charge in [-0.05, 0) is 33.1 Å². The van der Waals surface area contributed by atoms with Gasteiger partial charge in [0.2, 0.25) is 11.9 Å². The van der Waals surface area contributed by atoms with Crippen LogP contribution in [-0.2, 0) is 4.74 Å². The second-order valence-electron chi connectivity index (χ2n) is 5.17. The minimum absolute atomic E-state index is 0.266. The standard InChI is InChI=1S/C14H25N5O2/c1-4-7-15-12-17-13(19-14(18-12)20-5-2)16-11-6-8-21-10(3)9-11/h10-11H,4-9H2,1-3H3,(H2,15,16,17,18,19). The molecule has 1 aromatic rings. The quantitative estimate of drug-likeness (QED) is 0.797. The first-order chi connectivity index (χ1) is 10.2. The summed E-state index contributed by atoms with van der Waals surface area (Å²) in [5.74, 6) is 1.11. The van der Waals surface area contributed by atoms with Crippen molar-refractivity contribution in [3.63, 3.8) is 0 Å². The Morgan fingerprint density at radius 2 is 2.05 bits per heavy atom. The molecular formula is C14H25N5O2. The third kappa shape index (κ3) is 5.00. The first kappa shape index (κ1) is 15.8. The van der Waals surface area contributed by atoms with Gasteiger partial charge < -0.3 is 20.1 Å². The summed E-state index contributed by atoms with van der Waals surface area (Å²) in [7, 11) is 0. The molecule has 1 aliphatic rings. The van der Waals surface area contributed by atoms with Gasteiger partial charge in [0.05, 0.1) is 12.7 Å². The van der Waals surface area contributed by atoms with Crippen LogP contribution in [0.2, 0.25) is 0 Å². The van der Waals surface area contributed by atoms with Crippen molar-refractivity contribution in [3.05, 3.63) is 0 Å². The second kappa shape index (κ2) is 7.97. The van der Waals surface area contributed by atoms with Gasteiger partial charge in [-0.15, -0.1) is 0 Å². The van der Waals surface area contributed by atoms with Gasteiger partial charge in [-0.2, -0.15) is 15.0 Å². The van der Waals surface area contributed by atoms with Crippen LogP contribution in [0.5, 0.6) is 6.01 Å². The smallest absolute Gasteiger partial charge is 0.323 e. The lowest BCUT2D eigenvalue weighted by Crippen LogP contribution is -2.33. The van der Waals surface area contributed by atoms with Crippen LogP contribution in [-0.4, -0.2) is 46.9 Å². The summed E-state index contributed by atoms with van der Waals surface area (Å²) in [6.07, 6.45) is 3.18. The fourth-order valence-electron chi connectivity index (χ4n) is 2.24. The third-order valence-corrected chi connectivity index (χ3v) is 3.24. The van der Waals surface area contributed by atoms with Crippen LogP contribution in [0.25, 0.3) is 0 Å². The largest absolute Gasteiger partial charge is 0.464 e. The molecule has 0 spiro atoms. The Hall–Kier alpha value is -1.63. The minimum atomic E-state index is 0.266. The van der Waals surface area contributed by atoms with Crippen LogP contribution in [0.15, 0.2) is 0 Å². The van der Waals surface area contributed by atoms with E-state index in [1.807, 2.05) is 6.92 Å². The maximum absolute atomic E-state index is 5.55. The Morgan fingerprint density at radius 3 is 2.76 bits per heavy atom. The molecule has 0 saturated carbocycles. The highest BCUT2D eigenvalue weighted by Gasteiger charge is 2.20. The minimum Gasteiger partial charge on any atom is -0.464 e. The van der Waals surface area contributed by atoms with Crippen molar-refractivity contribution in [1.29, 1.82) is 0 Å². The van der Waals surface area contributed by atoms with E-state index in [4.69, 9.17) is 9.47 Å². The zero-order valence-corrected chi connectivity index (χ0v) is 13.1. The van der Waals surface area contributed by atoms with Crippen LogP contribution in [0.1, 0.15) is 40.0 Å². The Morgan fingerprint density at radius 1 is 1.24 bits per heavy atom. The summed E-state index contributed by atoms with van der Waals surface area (Å²) < 4.78 is 11.0. The lowest BCUT2D eigenvalue weighted by molar-refractivity contribution is 0.0231. The molecule has 2 heterocycles. The van der Waals surface area contributed by atoms with E-state index in [9.17, 15) is 0 Å². The highest BCUT2D eigenvalue weighted by atomic mass is 16.5. The number of rotatable bonds is 7. The van der Waals surface area contributed by atoms with Crippen molar-refractivity contribution >= 4 is 11.9 Å². The Bertz CT molecular complexity index is 443. The molecule has 0 aliphatic carbocycles. The predicted octanol–water partition coefficient (Wildman–Crippen LogP) is 2.07. The molecule has 1 aromatic heterocycles. The van der Waals surface area contributed by atoms with Gasteiger partial charge in [0.15, 0.2) is 0 Å². The SMILES string of the molecule is CCCNc1nc(NC2CCOC(C)C2)nc(OCC)n1. The molecule has 1 aliphatic heterocycles. The van der Waals surface area contributed by atoms with E-state index < -0.39 is 0 Å². The number of nitrogens with one attached hydrogen (secondary N) is 2. The van der Waals surface area contributed by atoms with Crippen molar-refractivity contribution in [1.82, 2.24) is 15.0 Å². The average Bonchev–Trinajstić information content (AvgIpc) is 2.45. The van der Waals surface area contributed by atoms with Crippen LogP contribution in [0.4, 0.5) is 11.9 Å². The maximum Gasteiger partial charge on any atom is 0.323 e. The fourth-order valence-corrected chi connectivity index (χ4v) is 2.24. The van der Waals surface area contributed by atoms with Crippen LogP contribution < -0.4 is 15.4 Å². The first-order valence-corrected chi connectivity index (χ1v) is 7.72. The van der Waals surface area contributed by atoms with Crippen molar-refractivity contribution < 1.29 is 9.47 Å². The monoisotopic (exact) mass is 295 g/mol. The van der Waals surface area contributed by atoms with Crippen molar-refractivity contribution in [3.8, 4) is 6.01 Å². The molecule has 2 rings (SSSR count). The van der Waals surface area contributed by atoms with Gasteiger partial charge in [-0.1, -0.05) is 6.92 Å². The molecule has 118 valence electrons. The molecule has 2 N–H and O–H groups in total. The summed E-state index contributed by atoms with van der Waals surface area (Å²) >= 11 is 0. The van der Waals surface area contributed by atoms with E-state index in [1.165, 1.54) is 0 Å². The molecule has 0 bridgehead atoms. The molecule has 0 aromatic carbocycles. The second-order valence-corrected chi connectivity index (χ2v) is 5.17. The van der Waals surface area contributed by atoms with Gasteiger partial charge in [0.1, 0.15) is 0 Å². The molecular weight excluding hydrogens is 270 g/mol. The molecule has 1 saturated heterocycles.